The predicted octanol–water partition coefficient (Wildman–Crippen LogP) is 4.92. The van der Waals surface area contributed by atoms with Crippen LogP contribution in [-0.2, 0) is 0 Å². The second-order valence-electron chi connectivity index (χ2n) is 2.86. The van der Waals surface area contributed by atoms with Crippen LogP contribution in [0.1, 0.15) is 26.7 Å². The molecule has 0 fully saturated rings. The van der Waals surface area contributed by atoms with Crippen molar-refractivity contribution in [2.75, 3.05) is 0 Å². The molecule has 0 aliphatic carbocycles. The molecule has 0 atom stereocenters. The molecule has 0 amide bonds. The molecule has 0 nitrogen and oxygen atoms in total. The topological polar surface area (TPSA) is 0 Å². The normalized spacial score (nSPS) is 6.53. The van der Waals surface area contributed by atoms with Gasteiger partial charge in [-0.05, 0) is 87.2 Å². The lowest BCUT2D eigenvalue weighted by Gasteiger charge is -1.88. The molecule has 0 aliphatic rings. The Kier molecular flexibility index (Phi) is 9.95. The predicted molar refractivity (Wildman–Crippen MR) is 79.9 cm³/mol. The molecule has 0 rings (SSSR count). The third-order valence-electron chi connectivity index (χ3n) is 1.77. The van der Waals surface area contributed by atoms with E-state index >= 15 is 0 Å². The van der Waals surface area contributed by atoms with Crippen LogP contribution in [0.25, 0.3) is 0 Å². The number of allylic oxidation sites excluding steroid dienone is 3. The van der Waals surface area contributed by atoms with Crippen molar-refractivity contribution >= 4 is 22.6 Å². The fourth-order valence-electron chi connectivity index (χ4n) is 0.813. The fraction of sp³-hybridized carbons (Fsp3) is 0.250. The lowest BCUT2D eigenvalue weighted by molar-refractivity contribution is 0.983. The van der Waals surface area contributed by atoms with Gasteiger partial charge >= 0.3 is 0 Å². The third kappa shape index (κ3) is 9.38. The maximum absolute atomic E-state index is 3.59. The van der Waals surface area contributed by atoms with E-state index in [0.29, 0.717) is 0 Å². The molecular formula is C16H13I. The largest absolute Gasteiger partial charge is 0.0974 e. The van der Waals surface area contributed by atoms with Gasteiger partial charge in [0, 0.05) is 0 Å². The molecule has 1 heteroatoms. The van der Waals surface area contributed by atoms with Gasteiger partial charge in [-0.1, -0.05) is 26.2 Å². The van der Waals surface area contributed by atoms with E-state index in [2.05, 4.69) is 88.9 Å². The van der Waals surface area contributed by atoms with Gasteiger partial charge in [0.15, 0.2) is 0 Å². The second kappa shape index (κ2) is 11.0. The van der Waals surface area contributed by atoms with Crippen molar-refractivity contribution in [2.45, 2.75) is 26.7 Å². The Hall–Kier alpha value is -1.55. The Morgan fingerprint density at radius 1 is 0.941 bits per heavy atom. The van der Waals surface area contributed by atoms with Crippen LogP contribution in [0.5, 0.6) is 0 Å². The maximum atomic E-state index is 3.59. The van der Waals surface area contributed by atoms with Crippen LogP contribution in [0.3, 0.4) is 0 Å². The van der Waals surface area contributed by atoms with Crippen molar-refractivity contribution in [3.05, 3.63) is 67.7 Å². The Morgan fingerprint density at radius 2 is 1.41 bits per heavy atom. The first kappa shape index (κ1) is 15.4. The van der Waals surface area contributed by atoms with Gasteiger partial charge in [0.05, 0.1) is 3.58 Å². The molecule has 0 N–H and O–H groups in total. The maximum Gasteiger partial charge on any atom is 0.0633 e. The summed E-state index contributed by atoms with van der Waals surface area (Å²) in [5.41, 5.74) is 23.1. The van der Waals surface area contributed by atoms with Crippen LogP contribution < -0.4 is 0 Å². The van der Waals surface area contributed by atoms with E-state index in [1.165, 1.54) is 5.57 Å². The molecule has 17 heavy (non-hydrogen) atoms. The summed E-state index contributed by atoms with van der Waals surface area (Å²) in [5.74, 6) is 0. The SMILES string of the molecule is C=CC(I)=C=C=C=C=C=C=C=C=C(CC)CC. The summed E-state index contributed by atoms with van der Waals surface area (Å²) in [7, 11) is 0. The first-order chi connectivity index (χ1) is 8.24. The highest BCUT2D eigenvalue weighted by Gasteiger charge is 1.83. The molecule has 0 radical (unpaired) electrons. The third-order valence-corrected chi connectivity index (χ3v) is 2.48. The molecule has 0 aromatic heterocycles. The quantitative estimate of drug-likeness (QED) is 0.391. The Bertz CT molecular complexity index is 576. The summed E-state index contributed by atoms with van der Waals surface area (Å²) < 4.78 is 0.870. The monoisotopic (exact) mass is 332 g/mol. The molecule has 0 heterocycles. The Labute approximate surface area is 117 Å². The molecule has 0 spiro atoms. The van der Waals surface area contributed by atoms with Crippen LogP contribution in [0, 0.1) is 0 Å². The van der Waals surface area contributed by atoms with Crippen LogP contribution in [0.4, 0.5) is 0 Å². The van der Waals surface area contributed by atoms with Crippen molar-refractivity contribution < 1.29 is 0 Å². The first-order valence-electron chi connectivity index (χ1n) is 5.26. The summed E-state index contributed by atoms with van der Waals surface area (Å²) in [6.45, 7) is 7.77. The van der Waals surface area contributed by atoms with Gasteiger partial charge < -0.3 is 0 Å². The number of hydrogen-bond donors (Lipinski definition) is 0. The average Bonchev–Trinajstić information content (AvgIpc) is 2.36. The first-order valence-corrected chi connectivity index (χ1v) is 6.34. The smallest absolute Gasteiger partial charge is 0.0633 e. The van der Waals surface area contributed by atoms with E-state index in [0.717, 1.165) is 16.4 Å². The lowest BCUT2D eigenvalue weighted by Crippen LogP contribution is -1.70. The van der Waals surface area contributed by atoms with Gasteiger partial charge in [-0.2, -0.15) is 0 Å². The molecule has 0 bridgehead atoms. The van der Waals surface area contributed by atoms with Gasteiger partial charge in [0.25, 0.3) is 0 Å². The highest BCUT2D eigenvalue weighted by Crippen LogP contribution is 2.01. The molecule has 0 aliphatic heterocycles. The number of hydrogen-bond acceptors (Lipinski definition) is 0. The lowest BCUT2D eigenvalue weighted by atomic mass is 10.2. The summed E-state index contributed by atoms with van der Waals surface area (Å²) >= 11 is 2.09. The molecule has 0 saturated heterocycles. The summed E-state index contributed by atoms with van der Waals surface area (Å²) in [5, 5.41) is 0. The summed E-state index contributed by atoms with van der Waals surface area (Å²) in [4.78, 5) is 0. The van der Waals surface area contributed by atoms with Crippen LogP contribution in [0.15, 0.2) is 67.7 Å². The minimum atomic E-state index is 0.870. The zero-order chi connectivity index (χ0) is 12.9. The minimum absolute atomic E-state index is 0.870. The van der Waals surface area contributed by atoms with Gasteiger partial charge in [0.1, 0.15) is 0 Å². The van der Waals surface area contributed by atoms with Crippen molar-refractivity contribution in [2.24, 2.45) is 0 Å². The summed E-state index contributed by atoms with van der Waals surface area (Å²) in [6, 6.07) is 0. The van der Waals surface area contributed by atoms with Crippen molar-refractivity contribution in [1.82, 2.24) is 0 Å². The standard InChI is InChI=1S/C16H13I/c1-4-15(5-2)13-11-9-7-8-10-12-14-16(17)6-3/h6H,3-5H2,1-2H3. The van der Waals surface area contributed by atoms with E-state index in [4.69, 9.17) is 0 Å². The molecule has 0 aromatic carbocycles. The minimum Gasteiger partial charge on any atom is -0.0974 e. The second-order valence-corrected chi connectivity index (χ2v) is 4.02. The highest BCUT2D eigenvalue weighted by atomic mass is 127. The van der Waals surface area contributed by atoms with Gasteiger partial charge in [-0.25, -0.2) is 0 Å². The van der Waals surface area contributed by atoms with Crippen LogP contribution in [-0.4, -0.2) is 0 Å². The van der Waals surface area contributed by atoms with Gasteiger partial charge in [-0.3, -0.25) is 0 Å². The van der Waals surface area contributed by atoms with Gasteiger partial charge in [0.2, 0.25) is 0 Å². The molecular weight excluding hydrogens is 319 g/mol. The van der Waals surface area contributed by atoms with Crippen molar-refractivity contribution in [1.29, 1.82) is 0 Å². The molecule has 84 valence electrons. The van der Waals surface area contributed by atoms with Gasteiger partial charge in [-0.15, -0.1) is 0 Å². The fourth-order valence-corrected chi connectivity index (χ4v) is 0.948. The van der Waals surface area contributed by atoms with Crippen LogP contribution >= 0.6 is 22.6 Å². The number of rotatable bonds is 3. The number of halogens is 1. The Balaban J connectivity index is 5.44. The molecule has 0 aromatic rings. The van der Waals surface area contributed by atoms with Crippen molar-refractivity contribution in [3.8, 4) is 0 Å². The molecule has 0 unspecified atom stereocenters. The Morgan fingerprint density at radius 3 is 1.88 bits per heavy atom. The summed E-state index contributed by atoms with van der Waals surface area (Å²) in [6.07, 6.45) is 3.65. The van der Waals surface area contributed by atoms with Crippen LogP contribution in [0.2, 0.25) is 0 Å². The molecule has 0 saturated carbocycles. The van der Waals surface area contributed by atoms with E-state index in [1.54, 1.807) is 6.08 Å². The zero-order valence-corrected chi connectivity index (χ0v) is 12.2. The van der Waals surface area contributed by atoms with E-state index < -0.39 is 0 Å². The zero-order valence-electron chi connectivity index (χ0n) is 10.1. The van der Waals surface area contributed by atoms with E-state index in [-0.39, 0.29) is 0 Å². The highest BCUT2D eigenvalue weighted by molar-refractivity contribution is 14.1. The van der Waals surface area contributed by atoms with E-state index in [1.807, 2.05) is 0 Å². The average molecular weight is 332 g/mol. The van der Waals surface area contributed by atoms with Crippen molar-refractivity contribution in [3.63, 3.8) is 0 Å². The van der Waals surface area contributed by atoms with E-state index in [9.17, 15) is 0 Å².